The first-order valence-corrected chi connectivity index (χ1v) is 17.8. The van der Waals surface area contributed by atoms with Gasteiger partial charge in [-0.1, -0.05) is 115 Å². The zero-order valence-electron chi connectivity index (χ0n) is 29.3. The monoisotopic (exact) mass is 682 g/mol. The average molecular weight is 683 g/mol. The summed E-state index contributed by atoms with van der Waals surface area (Å²) in [5, 5.41) is 13.5. The van der Waals surface area contributed by atoms with Crippen molar-refractivity contribution in [2.75, 3.05) is 20.1 Å². The van der Waals surface area contributed by atoms with Crippen LogP contribution in [0.2, 0.25) is 0 Å². The van der Waals surface area contributed by atoms with Gasteiger partial charge >= 0.3 is 0 Å². The normalized spacial score (nSPS) is 15.1. The van der Waals surface area contributed by atoms with E-state index < -0.39 is 29.9 Å². The number of Topliss-reactive ketones (excluding diaryl/α,β-unsaturated/α-hetero) is 1. The van der Waals surface area contributed by atoms with Crippen molar-refractivity contribution in [3.8, 4) is 0 Å². The summed E-state index contributed by atoms with van der Waals surface area (Å²) in [5.74, 6) is -1.31. The Bertz CT molecular complexity index is 2010. The Hall–Kier alpha value is -5.34. The lowest BCUT2D eigenvalue weighted by molar-refractivity contribution is -0.143. The fourth-order valence-electron chi connectivity index (χ4n) is 7.00. The van der Waals surface area contributed by atoms with Crippen molar-refractivity contribution >= 4 is 45.0 Å². The van der Waals surface area contributed by atoms with Crippen molar-refractivity contribution in [2.45, 2.75) is 57.2 Å². The summed E-state index contributed by atoms with van der Waals surface area (Å²) in [5.41, 5.74) is 2.69. The summed E-state index contributed by atoms with van der Waals surface area (Å²) in [6, 6.07) is 35.0. The molecule has 3 atom stereocenters. The highest BCUT2D eigenvalue weighted by atomic mass is 16.2. The number of hydrogen-bond donors (Lipinski definition) is 3. The van der Waals surface area contributed by atoms with E-state index in [9.17, 15) is 19.2 Å². The van der Waals surface area contributed by atoms with Gasteiger partial charge in [0, 0.05) is 25.8 Å². The molecule has 3 N–H and O–H groups in total. The first-order chi connectivity index (χ1) is 24.7. The molecule has 1 aliphatic heterocycles. The van der Waals surface area contributed by atoms with E-state index in [1.807, 2.05) is 109 Å². The fraction of sp³-hybridized carbons (Fsp3) is 0.302. The topological polar surface area (TPSA) is 108 Å². The predicted octanol–water partition coefficient (Wildman–Crippen LogP) is 5.41. The van der Waals surface area contributed by atoms with Crippen molar-refractivity contribution in [3.63, 3.8) is 0 Å². The largest absolute Gasteiger partial charge is 0.344 e. The minimum absolute atomic E-state index is 0.0764. The molecule has 8 heteroatoms. The molecule has 0 aliphatic carbocycles. The highest BCUT2D eigenvalue weighted by Crippen LogP contribution is 2.22. The highest BCUT2D eigenvalue weighted by molar-refractivity contribution is 5.95. The maximum absolute atomic E-state index is 14.5. The number of benzene rings is 5. The van der Waals surface area contributed by atoms with Gasteiger partial charge in [0.1, 0.15) is 12.1 Å². The summed E-state index contributed by atoms with van der Waals surface area (Å²) in [7, 11) is 1.69. The molecule has 0 bridgehead atoms. The second-order valence-electron chi connectivity index (χ2n) is 13.7. The lowest BCUT2D eigenvalue weighted by Gasteiger charge is -2.33. The van der Waals surface area contributed by atoms with Crippen LogP contribution in [0.25, 0.3) is 21.5 Å². The van der Waals surface area contributed by atoms with Crippen molar-refractivity contribution in [2.24, 2.45) is 5.92 Å². The first-order valence-electron chi connectivity index (χ1n) is 17.8. The van der Waals surface area contributed by atoms with Crippen LogP contribution >= 0.6 is 0 Å². The molecule has 1 fully saturated rings. The number of carbonyl (C=O) groups excluding carboxylic acids is 4. The van der Waals surface area contributed by atoms with Crippen LogP contribution in [0.5, 0.6) is 0 Å². The molecular formula is C43H46N4O4. The van der Waals surface area contributed by atoms with Crippen LogP contribution in [0.1, 0.15) is 36.5 Å². The number of fused-ring (bicyclic) bond motifs is 2. The highest BCUT2D eigenvalue weighted by Gasteiger charge is 2.35. The third kappa shape index (κ3) is 9.07. The van der Waals surface area contributed by atoms with Crippen LogP contribution in [0.15, 0.2) is 115 Å². The second kappa shape index (κ2) is 16.6. The molecular weight excluding hydrogens is 636 g/mol. The van der Waals surface area contributed by atoms with Crippen LogP contribution in [0, 0.1) is 5.92 Å². The number of piperidine rings is 1. The van der Waals surface area contributed by atoms with Crippen molar-refractivity contribution < 1.29 is 19.2 Å². The van der Waals surface area contributed by atoms with Gasteiger partial charge < -0.3 is 20.9 Å². The number of ketones is 1. The van der Waals surface area contributed by atoms with Gasteiger partial charge in [0.2, 0.25) is 17.7 Å². The van der Waals surface area contributed by atoms with Crippen LogP contribution in [0.4, 0.5) is 0 Å². The van der Waals surface area contributed by atoms with Crippen LogP contribution in [-0.4, -0.2) is 66.7 Å². The minimum Gasteiger partial charge on any atom is -0.344 e. The van der Waals surface area contributed by atoms with E-state index in [-0.39, 0.29) is 30.4 Å². The van der Waals surface area contributed by atoms with Crippen molar-refractivity contribution in [3.05, 3.63) is 132 Å². The molecule has 3 amide bonds. The smallest absolute Gasteiger partial charge is 0.243 e. The molecule has 8 nitrogen and oxygen atoms in total. The van der Waals surface area contributed by atoms with Gasteiger partial charge in [0.15, 0.2) is 5.78 Å². The summed E-state index contributed by atoms with van der Waals surface area (Å²) in [4.78, 5) is 56.9. The van der Waals surface area contributed by atoms with Crippen molar-refractivity contribution in [1.29, 1.82) is 0 Å². The Balaban J connectivity index is 1.30. The van der Waals surface area contributed by atoms with Gasteiger partial charge in [-0.05, 0) is 77.5 Å². The number of nitrogens with one attached hydrogen (secondary N) is 3. The summed E-state index contributed by atoms with van der Waals surface area (Å²) < 4.78 is 0. The Morgan fingerprint density at radius 3 is 1.73 bits per heavy atom. The Morgan fingerprint density at radius 1 is 0.627 bits per heavy atom. The van der Waals surface area contributed by atoms with Gasteiger partial charge in [-0.15, -0.1) is 0 Å². The first kappa shape index (κ1) is 35.5. The van der Waals surface area contributed by atoms with Gasteiger partial charge in [-0.25, -0.2) is 0 Å². The predicted molar refractivity (Wildman–Crippen MR) is 202 cm³/mol. The SMILES string of the molecule is CC(=O)[C@H](Cc1ccccc1)NC(=O)[C@@H](Cc1ccc2ccccc2c1)NC(=O)[C@@H](Cc1ccc2ccccc2c1)N(C)C(=O)C1CCNCC1. The molecule has 1 heterocycles. The maximum atomic E-state index is 14.5. The number of carbonyl (C=O) groups is 4. The minimum atomic E-state index is -1.00. The van der Waals surface area contributed by atoms with E-state index in [0.717, 1.165) is 51.3 Å². The van der Waals surface area contributed by atoms with Gasteiger partial charge in [0.05, 0.1) is 6.04 Å². The molecule has 0 aromatic heterocycles. The van der Waals surface area contributed by atoms with Gasteiger partial charge in [0.25, 0.3) is 0 Å². The van der Waals surface area contributed by atoms with Crippen LogP contribution in [-0.2, 0) is 38.4 Å². The standard InChI is InChI=1S/C43H46N4O4/c1-29(48)38(26-30-10-4-3-5-11-30)45-41(49)39(27-31-16-18-33-12-6-8-14-36(33)24-31)46-42(50)40(47(2)43(51)35-20-22-44-23-21-35)28-32-17-19-34-13-7-9-15-37(34)25-32/h3-19,24-25,35,38-40,44H,20-23,26-28H2,1-2H3,(H,45,49)(H,46,50)/t38-,39+,40+/m0/s1. The van der Waals surface area contributed by atoms with E-state index in [1.54, 1.807) is 11.9 Å². The number of amides is 3. The zero-order chi connectivity index (χ0) is 35.7. The molecule has 5 aromatic rings. The van der Waals surface area contributed by atoms with E-state index in [1.165, 1.54) is 6.92 Å². The summed E-state index contributed by atoms with van der Waals surface area (Å²) in [6.45, 7) is 2.96. The summed E-state index contributed by atoms with van der Waals surface area (Å²) in [6.07, 6.45) is 2.21. The molecule has 0 radical (unpaired) electrons. The number of nitrogens with zero attached hydrogens (tertiary/aromatic N) is 1. The third-order valence-electron chi connectivity index (χ3n) is 10.0. The quantitative estimate of drug-likeness (QED) is 0.154. The second-order valence-corrected chi connectivity index (χ2v) is 13.7. The van der Waals surface area contributed by atoms with Crippen LogP contribution in [0.3, 0.4) is 0 Å². The molecule has 51 heavy (non-hydrogen) atoms. The molecule has 0 unspecified atom stereocenters. The summed E-state index contributed by atoms with van der Waals surface area (Å²) >= 11 is 0. The lowest BCUT2D eigenvalue weighted by atomic mass is 9.94. The third-order valence-corrected chi connectivity index (χ3v) is 10.0. The Labute approximate surface area is 299 Å². The Kier molecular flexibility index (Phi) is 11.5. The average Bonchev–Trinajstić information content (AvgIpc) is 3.16. The number of rotatable bonds is 13. The van der Waals surface area contributed by atoms with Crippen LogP contribution < -0.4 is 16.0 Å². The van der Waals surface area contributed by atoms with E-state index >= 15 is 0 Å². The lowest BCUT2D eigenvalue weighted by Crippen LogP contribution is -2.57. The molecule has 6 rings (SSSR count). The fourth-order valence-corrected chi connectivity index (χ4v) is 7.00. The molecule has 1 aliphatic rings. The molecule has 0 spiro atoms. The van der Waals surface area contributed by atoms with Gasteiger partial charge in [-0.2, -0.15) is 0 Å². The van der Waals surface area contributed by atoms with Gasteiger partial charge in [-0.3, -0.25) is 19.2 Å². The van der Waals surface area contributed by atoms with E-state index in [4.69, 9.17) is 0 Å². The molecule has 5 aromatic carbocycles. The van der Waals surface area contributed by atoms with E-state index in [2.05, 4.69) is 22.0 Å². The van der Waals surface area contributed by atoms with E-state index in [0.29, 0.717) is 19.3 Å². The molecule has 1 saturated heterocycles. The zero-order valence-corrected chi connectivity index (χ0v) is 29.3. The molecule has 0 saturated carbocycles. The molecule has 262 valence electrons. The number of hydrogen-bond acceptors (Lipinski definition) is 5. The maximum Gasteiger partial charge on any atom is 0.243 e. The van der Waals surface area contributed by atoms with Crippen molar-refractivity contribution in [1.82, 2.24) is 20.9 Å². The number of likely N-dealkylation sites (N-methyl/N-ethyl adjacent to an activating group) is 1. The Morgan fingerprint density at radius 2 is 1.14 bits per heavy atom.